The van der Waals surface area contributed by atoms with Crippen LogP contribution in [0.4, 0.5) is 11.4 Å². The first-order valence-electron chi connectivity index (χ1n) is 12.8. The van der Waals surface area contributed by atoms with E-state index in [4.69, 9.17) is 20.9 Å². The number of primary amides is 1. The van der Waals surface area contributed by atoms with Crippen molar-refractivity contribution in [3.05, 3.63) is 65.9 Å². The van der Waals surface area contributed by atoms with Gasteiger partial charge in [-0.05, 0) is 49.9 Å². The highest BCUT2D eigenvalue weighted by atomic mass is 16.5. The first kappa shape index (κ1) is 28.5. The quantitative estimate of drug-likeness (QED) is 0.237. The Morgan fingerprint density at radius 2 is 1.82 bits per heavy atom. The van der Waals surface area contributed by atoms with Gasteiger partial charge in [0.25, 0.3) is 0 Å². The Morgan fingerprint density at radius 3 is 2.45 bits per heavy atom. The van der Waals surface area contributed by atoms with E-state index in [1.54, 1.807) is 12.3 Å². The minimum atomic E-state index is -0.639. The third-order valence-corrected chi connectivity index (χ3v) is 6.07. The third kappa shape index (κ3) is 6.80. The molecule has 1 heterocycles. The average molecular weight is 520 g/mol. The highest BCUT2D eigenvalue weighted by Gasteiger charge is 2.18. The number of hydrogen-bond acceptors (Lipinski definition) is 7. The molecule has 0 aliphatic rings. The fourth-order valence-corrected chi connectivity index (χ4v) is 4.32. The van der Waals surface area contributed by atoms with Gasteiger partial charge < -0.3 is 31.6 Å². The van der Waals surface area contributed by atoms with E-state index in [1.165, 1.54) is 0 Å². The highest BCUT2D eigenvalue weighted by Crippen LogP contribution is 2.38. The van der Waals surface area contributed by atoms with Gasteiger partial charge in [-0.1, -0.05) is 25.1 Å². The molecular formula is C29H37N5O4. The number of carbonyl (C=O) groups excluding carboxylic acids is 2. The van der Waals surface area contributed by atoms with Crippen LogP contribution in [0, 0.1) is 0 Å². The van der Waals surface area contributed by atoms with Gasteiger partial charge >= 0.3 is 0 Å². The van der Waals surface area contributed by atoms with Crippen molar-refractivity contribution in [3.8, 4) is 11.5 Å². The number of benzene rings is 2. The number of fused-ring (bicyclic) bond motifs is 1. The number of nitrogens with one attached hydrogen (secondary N) is 2. The van der Waals surface area contributed by atoms with E-state index in [-0.39, 0.29) is 12.3 Å². The number of rotatable bonds is 14. The summed E-state index contributed by atoms with van der Waals surface area (Å²) in [5, 5.41) is 7.22. The zero-order valence-electron chi connectivity index (χ0n) is 22.3. The summed E-state index contributed by atoms with van der Waals surface area (Å²) in [6.45, 7) is 10.8. The SMILES string of the molecule is C=CC[C@H](N)C(=O)NCc1cccc(Nc2c(CC(N)=O)cnc3cc(OCC)c(OCC)cc23)c1CC. The Bertz CT molecular complexity index is 1310. The van der Waals surface area contributed by atoms with E-state index in [0.29, 0.717) is 60.9 Å². The van der Waals surface area contributed by atoms with Crippen LogP contribution in [0.2, 0.25) is 0 Å². The number of anilines is 2. The smallest absolute Gasteiger partial charge is 0.237 e. The monoisotopic (exact) mass is 519 g/mol. The second kappa shape index (κ2) is 13.4. The number of pyridine rings is 1. The van der Waals surface area contributed by atoms with Crippen molar-refractivity contribution >= 4 is 34.1 Å². The molecule has 0 unspecified atom stereocenters. The predicted molar refractivity (Wildman–Crippen MR) is 151 cm³/mol. The Kier molecular flexibility index (Phi) is 10.1. The predicted octanol–water partition coefficient (Wildman–Crippen LogP) is 3.89. The van der Waals surface area contributed by atoms with Crippen LogP contribution in [-0.4, -0.2) is 36.1 Å². The molecule has 0 aliphatic heterocycles. The minimum Gasteiger partial charge on any atom is -0.490 e. The topological polar surface area (TPSA) is 142 Å². The number of nitrogens with zero attached hydrogens (tertiary/aromatic N) is 1. The molecule has 9 nitrogen and oxygen atoms in total. The maximum atomic E-state index is 12.4. The van der Waals surface area contributed by atoms with Crippen molar-refractivity contribution < 1.29 is 19.1 Å². The molecule has 9 heteroatoms. The Labute approximate surface area is 223 Å². The Balaban J connectivity index is 2.07. The molecule has 0 aliphatic carbocycles. The van der Waals surface area contributed by atoms with Gasteiger partial charge in [-0.2, -0.15) is 0 Å². The number of nitrogens with two attached hydrogens (primary N) is 2. The molecule has 0 bridgehead atoms. The summed E-state index contributed by atoms with van der Waals surface area (Å²) in [6, 6.07) is 8.93. The number of ether oxygens (including phenoxy) is 2. The lowest BCUT2D eigenvalue weighted by atomic mass is 10.0. The second-order valence-corrected chi connectivity index (χ2v) is 8.75. The molecule has 0 saturated carbocycles. The zero-order valence-corrected chi connectivity index (χ0v) is 22.3. The lowest BCUT2D eigenvalue weighted by Gasteiger charge is -2.20. The summed E-state index contributed by atoms with van der Waals surface area (Å²) in [5.74, 6) is 0.492. The molecule has 1 aromatic heterocycles. The van der Waals surface area contributed by atoms with Gasteiger partial charge in [0.05, 0.1) is 36.9 Å². The number of hydrogen-bond donors (Lipinski definition) is 4. The van der Waals surface area contributed by atoms with Gasteiger partial charge in [0.1, 0.15) is 0 Å². The number of aromatic nitrogens is 1. The van der Waals surface area contributed by atoms with Gasteiger partial charge in [-0.25, -0.2) is 0 Å². The lowest BCUT2D eigenvalue weighted by molar-refractivity contribution is -0.122. The molecule has 0 radical (unpaired) electrons. The maximum Gasteiger partial charge on any atom is 0.237 e. The van der Waals surface area contributed by atoms with Crippen LogP contribution in [0.15, 0.2) is 49.2 Å². The molecule has 2 amide bonds. The van der Waals surface area contributed by atoms with Crippen molar-refractivity contribution in [1.82, 2.24) is 10.3 Å². The van der Waals surface area contributed by atoms with Crippen molar-refractivity contribution in [2.75, 3.05) is 18.5 Å². The van der Waals surface area contributed by atoms with Crippen LogP contribution in [0.5, 0.6) is 11.5 Å². The van der Waals surface area contributed by atoms with Crippen LogP contribution in [0.25, 0.3) is 10.9 Å². The molecule has 0 saturated heterocycles. The summed E-state index contributed by atoms with van der Waals surface area (Å²) in [7, 11) is 0. The van der Waals surface area contributed by atoms with Gasteiger partial charge in [0.15, 0.2) is 11.5 Å². The summed E-state index contributed by atoms with van der Waals surface area (Å²) < 4.78 is 11.6. The van der Waals surface area contributed by atoms with Crippen LogP contribution < -0.4 is 31.6 Å². The largest absolute Gasteiger partial charge is 0.490 e. The van der Waals surface area contributed by atoms with Crippen LogP contribution >= 0.6 is 0 Å². The fourth-order valence-electron chi connectivity index (χ4n) is 4.32. The molecule has 3 rings (SSSR count). The van der Waals surface area contributed by atoms with E-state index in [2.05, 4.69) is 22.2 Å². The van der Waals surface area contributed by atoms with Crippen molar-refractivity contribution in [2.24, 2.45) is 11.5 Å². The van der Waals surface area contributed by atoms with E-state index in [0.717, 1.165) is 22.2 Å². The van der Waals surface area contributed by atoms with E-state index in [9.17, 15) is 9.59 Å². The van der Waals surface area contributed by atoms with Gasteiger partial charge in [0, 0.05) is 35.4 Å². The Hall–Kier alpha value is -4.11. The molecule has 1 atom stereocenters. The van der Waals surface area contributed by atoms with Gasteiger partial charge in [-0.15, -0.1) is 6.58 Å². The molecule has 38 heavy (non-hydrogen) atoms. The summed E-state index contributed by atoms with van der Waals surface area (Å²) >= 11 is 0. The Morgan fingerprint density at radius 1 is 1.11 bits per heavy atom. The van der Waals surface area contributed by atoms with E-state index in [1.807, 2.05) is 51.1 Å². The average Bonchev–Trinajstić information content (AvgIpc) is 2.89. The number of amides is 2. The number of carbonyl (C=O) groups is 2. The van der Waals surface area contributed by atoms with Gasteiger partial charge in [0.2, 0.25) is 11.8 Å². The van der Waals surface area contributed by atoms with Crippen molar-refractivity contribution in [1.29, 1.82) is 0 Å². The molecule has 0 fully saturated rings. The molecule has 3 aromatic rings. The lowest BCUT2D eigenvalue weighted by Crippen LogP contribution is -2.39. The maximum absolute atomic E-state index is 12.4. The first-order valence-corrected chi connectivity index (χ1v) is 12.8. The summed E-state index contributed by atoms with van der Waals surface area (Å²) in [6.07, 6.45) is 4.41. The van der Waals surface area contributed by atoms with Crippen molar-refractivity contribution in [3.63, 3.8) is 0 Å². The fraction of sp³-hybridized carbons (Fsp3) is 0.345. The molecule has 0 spiro atoms. The molecule has 2 aromatic carbocycles. The highest BCUT2D eigenvalue weighted by molar-refractivity contribution is 5.98. The van der Waals surface area contributed by atoms with Crippen LogP contribution in [0.3, 0.4) is 0 Å². The second-order valence-electron chi connectivity index (χ2n) is 8.75. The molecular weight excluding hydrogens is 482 g/mol. The minimum absolute atomic E-state index is 0.0147. The summed E-state index contributed by atoms with van der Waals surface area (Å²) in [4.78, 5) is 28.8. The first-order chi connectivity index (χ1) is 18.3. The standard InChI is InChI=1S/C29H37N5O4/c1-5-10-22(30)29(36)33-16-18-11-9-12-23(20(18)6-2)34-28-19(13-27(31)35)17-32-24-15-26(38-8-4)25(37-7-3)14-21(24)28/h5,9,11-12,14-15,17,22H,1,6-8,10,13,16,30H2,2-4H3,(H2,31,35)(H,32,34)(H,33,36)/t22-/m0/s1. The summed E-state index contributed by atoms with van der Waals surface area (Å²) in [5.41, 5.74) is 16.4. The van der Waals surface area contributed by atoms with Crippen LogP contribution in [-0.2, 0) is 29.0 Å². The van der Waals surface area contributed by atoms with Crippen LogP contribution in [0.1, 0.15) is 43.9 Å². The third-order valence-electron chi connectivity index (χ3n) is 6.07. The zero-order chi connectivity index (χ0) is 27.7. The normalized spacial score (nSPS) is 11.6. The van der Waals surface area contributed by atoms with E-state index >= 15 is 0 Å². The van der Waals surface area contributed by atoms with E-state index < -0.39 is 11.9 Å². The molecule has 6 N–H and O–H groups in total. The molecule has 202 valence electrons. The van der Waals surface area contributed by atoms with Crippen molar-refractivity contribution in [2.45, 2.75) is 52.6 Å². The van der Waals surface area contributed by atoms with Gasteiger partial charge in [-0.3, -0.25) is 14.6 Å².